The Hall–Kier alpha value is -2.43. The monoisotopic (exact) mass is 248 g/mol. The van der Waals surface area contributed by atoms with E-state index in [2.05, 4.69) is 0 Å². The zero-order valence-corrected chi connectivity index (χ0v) is 9.75. The highest BCUT2D eigenvalue weighted by molar-refractivity contribution is 6.06. The molecule has 18 heavy (non-hydrogen) atoms. The first-order valence-electron chi connectivity index (χ1n) is 5.29. The molecule has 0 fully saturated rings. The van der Waals surface area contributed by atoms with Crippen molar-refractivity contribution < 1.29 is 24.2 Å². The Bertz CT molecular complexity index is 485. The van der Waals surface area contributed by atoms with Crippen molar-refractivity contribution in [3.8, 4) is 5.75 Å². The van der Waals surface area contributed by atoms with Crippen LogP contribution in [0.25, 0.3) is 0 Å². The number of aliphatic carboxylic acids is 1. The topological polar surface area (TPSA) is 80.7 Å². The van der Waals surface area contributed by atoms with Crippen LogP contribution in [0.1, 0.15) is 23.7 Å². The number of benzene rings is 1. The molecule has 0 unspecified atom stereocenters. The fourth-order valence-corrected chi connectivity index (χ4v) is 1.13. The van der Waals surface area contributed by atoms with Gasteiger partial charge in [-0.15, -0.1) is 0 Å². The molecular weight excluding hydrogens is 236 g/mol. The summed E-state index contributed by atoms with van der Waals surface area (Å²) in [6, 6.07) is 5.89. The van der Waals surface area contributed by atoms with Gasteiger partial charge in [0.15, 0.2) is 5.78 Å². The second-order valence-corrected chi connectivity index (χ2v) is 3.39. The number of ketones is 1. The number of hydrogen-bond donors (Lipinski definition) is 1. The third-order valence-corrected chi connectivity index (χ3v) is 2.04. The van der Waals surface area contributed by atoms with Crippen molar-refractivity contribution in [2.45, 2.75) is 13.3 Å². The zero-order valence-electron chi connectivity index (χ0n) is 9.75. The van der Waals surface area contributed by atoms with Gasteiger partial charge in [-0.3, -0.25) is 9.59 Å². The molecular formula is C13H12O5. The van der Waals surface area contributed by atoms with E-state index in [0.717, 1.165) is 12.2 Å². The highest BCUT2D eigenvalue weighted by atomic mass is 16.5. The Labute approximate surface area is 104 Å². The predicted octanol–water partition coefficient (Wildman–Crippen LogP) is 1.83. The van der Waals surface area contributed by atoms with E-state index in [4.69, 9.17) is 9.84 Å². The van der Waals surface area contributed by atoms with Crippen molar-refractivity contribution >= 4 is 17.7 Å². The van der Waals surface area contributed by atoms with Crippen LogP contribution in [-0.2, 0) is 9.59 Å². The third kappa shape index (κ3) is 4.21. The Morgan fingerprint density at radius 1 is 1.17 bits per heavy atom. The Balaban J connectivity index is 2.73. The summed E-state index contributed by atoms with van der Waals surface area (Å²) in [5, 5.41) is 8.38. The highest BCUT2D eigenvalue weighted by Gasteiger charge is 2.05. The molecule has 0 spiro atoms. The normalized spacial score (nSPS) is 10.3. The van der Waals surface area contributed by atoms with Gasteiger partial charge < -0.3 is 9.84 Å². The number of carboxylic acids is 1. The Morgan fingerprint density at radius 2 is 1.78 bits per heavy atom. The minimum atomic E-state index is -1.18. The van der Waals surface area contributed by atoms with E-state index in [0.29, 0.717) is 11.3 Å². The predicted molar refractivity (Wildman–Crippen MR) is 63.5 cm³/mol. The van der Waals surface area contributed by atoms with Crippen LogP contribution in [-0.4, -0.2) is 22.8 Å². The number of carbonyl (C=O) groups is 3. The molecule has 0 aromatic heterocycles. The maximum absolute atomic E-state index is 11.5. The summed E-state index contributed by atoms with van der Waals surface area (Å²) in [6.07, 6.45) is 2.00. The number of esters is 1. The van der Waals surface area contributed by atoms with Crippen molar-refractivity contribution in [1.29, 1.82) is 0 Å². The van der Waals surface area contributed by atoms with E-state index >= 15 is 0 Å². The Morgan fingerprint density at radius 3 is 2.28 bits per heavy atom. The first-order valence-corrected chi connectivity index (χ1v) is 5.29. The number of rotatable bonds is 5. The van der Waals surface area contributed by atoms with E-state index in [9.17, 15) is 14.4 Å². The van der Waals surface area contributed by atoms with Crippen LogP contribution < -0.4 is 4.74 Å². The molecule has 5 nitrogen and oxygen atoms in total. The maximum Gasteiger partial charge on any atom is 0.328 e. The molecule has 0 bridgehead atoms. The molecule has 1 N–H and O–H groups in total. The van der Waals surface area contributed by atoms with Crippen LogP contribution in [0.3, 0.4) is 0 Å². The number of hydrogen-bond acceptors (Lipinski definition) is 4. The average molecular weight is 248 g/mol. The largest absolute Gasteiger partial charge is 0.478 e. The lowest BCUT2D eigenvalue weighted by molar-refractivity contribution is -0.134. The summed E-state index contributed by atoms with van der Waals surface area (Å²) < 4.78 is 4.93. The molecule has 0 aliphatic carbocycles. The van der Waals surface area contributed by atoms with E-state index in [1.165, 1.54) is 24.3 Å². The molecule has 0 amide bonds. The summed E-state index contributed by atoms with van der Waals surface area (Å²) >= 11 is 0. The van der Waals surface area contributed by atoms with Crippen LogP contribution in [0.15, 0.2) is 36.4 Å². The fourth-order valence-electron chi connectivity index (χ4n) is 1.13. The fraction of sp³-hybridized carbons (Fsp3) is 0.154. The summed E-state index contributed by atoms with van der Waals surface area (Å²) in [6.45, 7) is 1.68. The van der Waals surface area contributed by atoms with Crippen LogP contribution in [0.4, 0.5) is 0 Å². The second kappa shape index (κ2) is 6.34. The van der Waals surface area contributed by atoms with Crippen molar-refractivity contribution in [3.05, 3.63) is 42.0 Å². The minimum absolute atomic E-state index is 0.266. The molecule has 0 aliphatic rings. The molecule has 0 atom stereocenters. The standard InChI is InChI=1S/C13H12O5/c1-2-13(17)18-10-5-3-9(4-6-10)11(14)7-8-12(15)16/h3-8H,2H2,1H3,(H,15,16)/b8-7+. The lowest BCUT2D eigenvalue weighted by Crippen LogP contribution is -2.05. The first-order chi connectivity index (χ1) is 8.52. The Kier molecular flexibility index (Phi) is 4.80. The third-order valence-electron chi connectivity index (χ3n) is 2.04. The summed E-state index contributed by atoms with van der Waals surface area (Å²) in [5.41, 5.74) is 0.323. The lowest BCUT2D eigenvalue weighted by atomic mass is 10.1. The molecule has 1 rings (SSSR count). The molecule has 0 saturated heterocycles. The van der Waals surface area contributed by atoms with Gasteiger partial charge in [0.1, 0.15) is 5.75 Å². The van der Waals surface area contributed by atoms with E-state index in [-0.39, 0.29) is 12.4 Å². The SMILES string of the molecule is CCC(=O)Oc1ccc(C(=O)/C=C/C(=O)O)cc1. The molecule has 0 heterocycles. The van der Waals surface area contributed by atoms with Crippen LogP contribution in [0.2, 0.25) is 0 Å². The van der Waals surface area contributed by atoms with Gasteiger partial charge in [0, 0.05) is 18.1 Å². The zero-order chi connectivity index (χ0) is 13.5. The van der Waals surface area contributed by atoms with Gasteiger partial charge in [-0.1, -0.05) is 6.92 Å². The number of ether oxygens (including phenoxy) is 1. The number of allylic oxidation sites excluding steroid dienone is 1. The average Bonchev–Trinajstić information content (AvgIpc) is 2.36. The van der Waals surface area contributed by atoms with E-state index in [1.807, 2.05) is 0 Å². The van der Waals surface area contributed by atoms with Gasteiger partial charge in [-0.25, -0.2) is 4.79 Å². The maximum atomic E-state index is 11.5. The van der Waals surface area contributed by atoms with Crippen LogP contribution in [0.5, 0.6) is 5.75 Å². The van der Waals surface area contributed by atoms with Gasteiger partial charge >= 0.3 is 11.9 Å². The highest BCUT2D eigenvalue weighted by Crippen LogP contribution is 2.13. The van der Waals surface area contributed by atoms with Gasteiger partial charge in [0.05, 0.1) is 0 Å². The summed E-state index contributed by atoms with van der Waals surface area (Å²) in [5.74, 6) is -1.62. The number of carbonyl (C=O) groups excluding carboxylic acids is 2. The van der Waals surface area contributed by atoms with Gasteiger partial charge in [-0.05, 0) is 30.3 Å². The molecule has 5 heteroatoms. The summed E-state index contributed by atoms with van der Waals surface area (Å²) in [4.78, 5) is 32.7. The molecule has 1 aromatic rings. The van der Waals surface area contributed by atoms with E-state index in [1.54, 1.807) is 6.92 Å². The van der Waals surface area contributed by atoms with Crippen molar-refractivity contribution in [1.82, 2.24) is 0 Å². The molecule has 0 saturated carbocycles. The smallest absolute Gasteiger partial charge is 0.328 e. The van der Waals surface area contributed by atoms with Gasteiger partial charge in [-0.2, -0.15) is 0 Å². The quantitative estimate of drug-likeness (QED) is 0.372. The summed E-state index contributed by atoms with van der Waals surface area (Å²) in [7, 11) is 0. The first kappa shape index (κ1) is 13.6. The van der Waals surface area contributed by atoms with Crippen molar-refractivity contribution in [2.24, 2.45) is 0 Å². The molecule has 0 aliphatic heterocycles. The lowest BCUT2D eigenvalue weighted by Gasteiger charge is -2.02. The van der Waals surface area contributed by atoms with Crippen molar-refractivity contribution in [3.63, 3.8) is 0 Å². The van der Waals surface area contributed by atoms with Crippen LogP contribution >= 0.6 is 0 Å². The molecule has 0 radical (unpaired) electrons. The minimum Gasteiger partial charge on any atom is -0.478 e. The van der Waals surface area contributed by atoms with E-state index < -0.39 is 11.8 Å². The van der Waals surface area contributed by atoms with Crippen LogP contribution in [0, 0.1) is 0 Å². The molecule has 1 aromatic carbocycles. The molecule has 94 valence electrons. The van der Waals surface area contributed by atoms with Gasteiger partial charge in [0.25, 0.3) is 0 Å². The number of carboxylic acid groups (broad SMARTS) is 1. The second-order valence-electron chi connectivity index (χ2n) is 3.39. The van der Waals surface area contributed by atoms with Gasteiger partial charge in [0.2, 0.25) is 0 Å². The van der Waals surface area contributed by atoms with Crippen molar-refractivity contribution in [2.75, 3.05) is 0 Å².